The zero-order valence-electron chi connectivity index (χ0n) is 17.6. The molecule has 0 unspecified atom stereocenters. The van der Waals surface area contributed by atoms with Crippen LogP contribution in [0.4, 0.5) is 0 Å². The van der Waals surface area contributed by atoms with Gasteiger partial charge in [0.2, 0.25) is 0 Å². The molecule has 33 heavy (non-hydrogen) atoms. The first-order chi connectivity index (χ1) is 15.9. The van der Waals surface area contributed by atoms with E-state index in [2.05, 4.69) is 15.1 Å². The van der Waals surface area contributed by atoms with Crippen molar-refractivity contribution in [1.29, 1.82) is 0 Å². The first-order valence-electron chi connectivity index (χ1n) is 9.62. The molecule has 2 aromatic heterocycles. The van der Waals surface area contributed by atoms with Crippen LogP contribution in [0.25, 0.3) is 22.6 Å². The highest BCUT2D eigenvalue weighted by Crippen LogP contribution is 2.24. The summed E-state index contributed by atoms with van der Waals surface area (Å²) in [5.41, 5.74) is 1.81. The fourth-order valence-corrected chi connectivity index (χ4v) is 2.99. The maximum Gasteiger partial charge on any atom is 0.360 e. The van der Waals surface area contributed by atoms with E-state index in [0.29, 0.717) is 28.2 Å². The molecule has 0 fully saturated rings. The molecule has 4 rings (SSSR count). The van der Waals surface area contributed by atoms with Crippen LogP contribution < -0.4 is 0 Å². The number of hydrogen-bond donors (Lipinski definition) is 0. The third-order valence-electron chi connectivity index (χ3n) is 4.12. The van der Waals surface area contributed by atoms with Gasteiger partial charge in [-0.3, -0.25) is 0 Å². The van der Waals surface area contributed by atoms with Crippen LogP contribution in [-0.2, 0) is 9.47 Å². The van der Waals surface area contributed by atoms with Crippen LogP contribution in [0.15, 0.2) is 69.7 Å². The molecule has 0 amide bonds. The van der Waals surface area contributed by atoms with Crippen molar-refractivity contribution in [3.8, 4) is 22.6 Å². The topological polar surface area (TPSA) is 105 Å². The molecule has 0 radical (unpaired) electrons. The smallest absolute Gasteiger partial charge is 0.360 e. The van der Waals surface area contributed by atoms with E-state index < -0.39 is 11.9 Å². The summed E-state index contributed by atoms with van der Waals surface area (Å²) < 4.78 is 19.4. The monoisotopic (exact) mass is 488 g/mol. The molecule has 0 aliphatic heterocycles. The van der Waals surface area contributed by atoms with E-state index in [1.165, 1.54) is 19.2 Å². The van der Waals surface area contributed by atoms with E-state index in [9.17, 15) is 9.59 Å². The molecular weight excluding hydrogens is 471 g/mol. The van der Waals surface area contributed by atoms with Crippen LogP contribution in [0.2, 0.25) is 10.0 Å². The van der Waals surface area contributed by atoms with Crippen molar-refractivity contribution in [1.82, 2.24) is 10.3 Å². The molecule has 0 saturated carbocycles. The Balaban J connectivity index is 0.000000186. The minimum Gasteiger partial charge on any atom is -0.464 e. The van der Waals surface area contributed by atoms with Crippen molar-refractivity contribution in [2.75, 3.05) is 13.7 Å². The minimum atomic E-state index is -0.531. The Labute approximate surface area is 199 Å². The van der Waals surface area contributed by atoms with Crippen LogP contribution in [-0.4, -0.2) is 36.0 Å². The van der Waals surface area contributed by atoms with Crippen LogP contribution >= 0.6 is 23.2 Å². The van der Waals surface area contributed by atoms with Gasteiger partial charge in [-0.1, -0.05) is 57.8 Å². The first-order valence-corrected chi connectivity index (χ1v) is 10.4. The van der Waals surface area contributed by atoms with E-state index >= 15 is 0 Å². The number of methoxy groups -OCH3 is 1. The van der Waals surface area contributed by atoms with Crippen molar-refractivity contribution in [2.45, 2.75) is 6.92 Å². The van der Waals surface area contributed by atoms with Crippen molar-refractivity contribution < 1.29 is 28.1 Å². The number of esters is 2. The first kappa shape index (κ1) is 24.0. The summed E-state index contributed by atoms with van der Waals surface area (Å²) in [6.07, 6.45) is 0. The lowest BCUT2D eigenvalue weighted by molar-refractivity contribution is 0.0513. The van der Waals surface area contributed by atoms with Gasteiger partial charge in [0, 0.05) is 33.3 Å². The standard InChI is InChI=1S/C12H10ClNO3.C11H8ClNO3/c1-2-16-12(15)10-7-11(17-14-10)8-4-3-5-9(13)6-8;1-15-11(14)9-6-10(16-13-9)7-3-2-4-8(12)5-7/h3-7H,2H2,1H3;2-6H,1H3. The summed E-state index contributed by atoms with van der Waals surface area (Å²) in [6.45, 7) is 2.04. The lowest BCUT2D eigenvalue weighted by Crippen LogP contribution is -2.04. The fraction of sp³-hybridized carbons (Fsp3) is 0.130. The second-order valence-corrected chi connectivity index (χ2v) is 7.26. The number of nitrogens with zero attached hydrogens (tertiary/aromatic N) is 2. The lowest BCUT2D eigenvalue weighted by atomic mass is 10.1. The molecule has 0 bridgehead atoms. The van der Waals surface area contributed by atoms with E-state index in [4.69, 9.17) is 37.0 Å². The Morgan fingerprint density at radius 3 is 1.73 bits per heavy atom. The molecule has 170 valence electrons. The fourth-order valence-electron chi connectivity index (χ4n) is 2.61. The molecule has 2 aromatic carbocycles. The van der Waals surface area contributed by atoms with Crippen LogP contribution in [0, 0.1) is 0 Å². The molecule has 0 aliphatic rings. The maximum atomic E-state index is 11.4. The largest absolute Gasteiger partial charge is 0.464 e. The molecule has 8 nitrogen and oxygen atoms in total. The van der Waals surface area contributed by atoms with E-state index in [1.807, 2.05) is 12.1 Å². The van der Waals surface area contributed by atoms with Gasteiger partial charge in [0.05, 0.1) is 13.7 Å². The molecular formula is C23H18Cl2N2O6. The predicted molar refractivity (Wildman–Crippen MR) is 121 cm³/mol. The number of benzene rings is 2. The Bertz CT molecular complexity index is 1250. The second kappa shape index (κ2) is 11.3. The van der Waals surface area contributed by atoms with Crippen molar-refractivity contribution in [2.24, 2.45) is 0 Å². The highest BCUT2D eigenvalue weighted by atomic mass is 35.5. The zero-order valence-corrected chi connectivity index (χ0v) is 19.1. The highest BCUT2D eigenvalue weighted by Gasteiger charge is 2.15. The summed E-state index contributed by atoms with van der Waals surface area (Å²) >= 11 is 11.7. The Morgan fingerprint density at radius 2 is 1.30 bits per heavy atom. The molecule has 10 heteroatoms. The summed E-state index contributed by atoms with van der Waals surface area (Å²) in [5, 5.41) is 8.43. The van der Waals surface area contributed by atoms with Crippen molar-refractivity contribution in [3.63, 3.8) is 0 Å². The molecule has 0 spiro atoms. The molecule has 4 aromatic rings. The van der Waals surface area contributed by atoms with Crippen molar-refractivity contribution in [3.05, 3.63) is 82.1 Å². The van der Waals surface area contributed by atoms with Crippen LogP contribution in [0.3, 0.4) is 0 Å². The number of ether oxygens (including phenoxy) is 2. The Morgan fingerprint density at radius 1 is 0.818 bits per heavy atom. The number of carbonyl (C=O) groups excluding carboxylic acids is 2. The third kappa shape index (κ3) is 6.44. The number of rotatable bonds is 5. The molecule has 0 N–H and O–H groups in total. The lowest BCUT2D eigenvalue weighted by Gasteiger charge is -1.95. The number of halogens is 2. The molecule has 0 atom stereocenters. The van der Waals surface area contributed by atoms with Gasteiger partial charge in [-0.05, 0) is 31.2 Å². The quantitative estimate of drug-likeness (QED) is 0.317. The van der Waals surface area contributed by atoms with Gasteiger partial charge in [0.25, 0.3) is 0 Å². The average Bonchev–Trinajstić information content (AvgIpc) is 3.50. The summed E-state index contributed by atoms with van der Waals surface area (Å²) in [6, 6.07) is 17.2. The second-order valence-electron chi connectivity index (χ2n) is 6.39. The maximum absolute atomic E-state index is 11.4. The van der Waals surface area contributed by atoms with Gasteiger partial charge in [0.15, 0.2) is 22.9 Å². The van der Waals surface area contributed by atoms with Gasteiger partial charge in [-0.25, -0.2) is 9.59 Å². The minimum absolute atomic E-state index is 0.137. The van der Waals surface area contributed by atoms with Gasteiger partial charge >= 0.3 is 11.9 Å². The Kier molecular flexibility index (Phi) is 8.23. The van der Waals surface area contributed by atoms with Gasteiger partial charge < -0.3 is 18.5 Å². The predicted octanol–water partition coefficient (Wildman–Crippen LogP) is 5.95. The number of carbonyl (C=O) groups is 2. The van der Waals surface area contributed by atoms with Crippen molar-refractivity contribution >= 4 is 35.1 Å². The SMILES string of the molecule is CCOC(=O)c1cc(-c2cccc(Cl)c2)on1.COC(=O)c1cc(-c2cccc(Cl)c2)on1. The number of aromatic nitrogens is 2. The average molecular weight is 489 g/mol. The highest BCUT2D eigenvalue weighted by molar-refractivity contribution is 6.31. The summed E-state index contributed by atoms with van der Waals surface area (Å²) in [5.74, 6) is -0.0694. The van der Waals surface area contributed by atoms with E-state index in [-0.39, 0.29) is 11.4 Å². The molecule has 2 heterocycles. The Hall–Kier alpha value is -3.62. The molecule has 0 saturated heterocycles. The summed E-state index contributed by atoms with van der Waals surface area (Å²) in [7, 11) is 1.29. The van der Waals surface area contributed by atoms with E-state index in [1.54, 1.807) is 43.3 Å². The third-order valence-corrected chi connectivity index (χ3v) is 4.59. The van der Waals surface area contributed by atoms with Crippen LogP contribution in [0.1, 0.15) is 27.9 Å². The van der Waals surface area contributed by atoms with Crippen LogP contribution in [0.5, 0.6) is 0 Å². The van der Waals surface area contributed by atoms with Gasteiger partial charge in [0.1, 0.15) is 0 Å². The number of hydrogen-bond acceptors (Lipinski definition) is 8. The molecule has 0 aliphatic carbocycles. The van der Waals surface area contributed by atoms with E-state index in [0.717, 1.165) is 11.1 Å². The normalized spacial score (nSPS) is 10.2. The van der Waals surface area contributed by atoms with Gasteiger partial charge in [-0.15, -0.1) is 0 Å². The summed E-state index contributed by atoms with van der Waals surface area (Å²) in [4.78, 5) is 22.5. The van der Waals surface area contributed by atoms with Gasteiger partial charge in [-0.2, -0.15) is 0 Å². The zero-order chi connectivity index (χ0) is 23.8.